The molecule has 0 aliphatic carbocycles. The quantitative estimate of drug-likeness (QED) is 0.850. The zero-order valence-electron chi connectivity index (χ0n) is 11.5. The average Bonchev–Trinajstić information content (AvgIpc) is 2.81. The number of nitrogens with one attached hydrogen (secondary N) is 1. The lowest BCUT2D eigenvalue weighted by Crippen LogP contribution is -2.33. The fourth-order valence-corrected chi connectivity index (χ4v) is 2.57. The maximum Gasteiger partial charge on any atom is 0.339 e. The van der Waals surface area contributed by atoms with E-state index in [0.717, 1.165) is 25.2 Å². The number of likely N-dealkylation sites (tertiary alicyclic amines) is 1. The van der Waals surface area contributed by atoms with Gasteiger partial charge >= 0.3 is 5.97 Å². The number of pyridine rings is 1. The molecule has 1 aliphatic heterocycles. The van der Waals surface area contributed by atoms with Crippen LogP contribution in [0.1, 0.15) is 35.7 Å². The molecule has 1 saturated heterocycles. The van der Waals surface area contributed by atoms with Gasteiger partial charge in [0.1, 0.15) is 11.4 Å². The molecule has 5 nitrogen and oxygen atoms in total. The van der Waals surface area contributed by atoms with E-state index in [1.807, 2.05) is 0 Å². The number of rotatable bonds is 5. The van der Waals surface area contributed by atoms with Gasteiger partial charge in [-0.05, 0) is 51.4 Å². The van der Waals surface area contributed by atoms with Crippen LogP contribution in [0.3, 0.4) is 0 Å². The predicted octanol–water partition coefficient (Wildman–Crippen LogP) is 1.98. The van der Waals surface area contributed by atoms with Gasteiger partial charge in [-0.2, -0.15) is 0 Å². The number of hydrogen-bond acceptors (Lipinski definition) is 4. The Bertz CT molecular complexity index is 456. The molecule has 1 atom stereocenters. The minimum Gasteiger partial charge on any atom is -0.478 e. The van der Waals surface area contributed by atoms with E-state index >= 15 is 0 Å². The number of aryl methyl sites for hydroxylation is 1. The minimum absolute atomic E-state index is 0.186. The molecule has 1 aromatic heterocycles. The van der Waals surface area contributed by atoms with Gasteiger partial charge in [-0.1, -0.05) is 0 Å². The van der Waals surface area contributed by atoms with Crippen LogP contribution in [-0.2, 0) is 0 Å². The van der Waals surface area contributed by atoms with Gasteiger partial charge in [-0.15, -0.1) is 0 Å². The van der Waals surface area contributed by atoms with Crippen LogP contribution in [0, 0.1) is 6.92 Å². The smallest absolute Gasteiger partial charge is 0.339 e. The molecule has 1 unspecified atom stereocenters. The molecule has 1 aliphatic rings. The molecule has 2 heterocycles. The SMILES string of the molecule is Cc1ccnc(NC(C)CN2CCCC2)c1C(=O)O. The molecule has 1 aromatic rings. The standard InChI is InChI=1S/C14H21N3O2/c1-10-5-6-15-13(12(10)14(18)19)16-11(2)9-17-7-3-4-8-17/h5-6,11H,3-4,7-9H2,1-2H3,(H,15,16)(H,18,19). The molecular formula is C14H21N3O2. The van der Waals surface area contributed by atoms with E-state index < -0.39 is 5.97 Å². The van der Waals surface area contributed by atoms with Crippen molar-refractivity contribution in [1.29, 1.82) is 0 Å². The maximum atomic E-state index is 11.3. The summed E-state index contributed by atoms with van der Waals surface area (Å²) < 4.78 is 0. The lowest BCUT2D eigenvalue weighted by atomic mass is 10.1. The van der Waals surface area contributed by atoms with Crippen molar-refractivity contribution in [3.8, 4) is 0 Å². The van der Waals surface area contributed by atoms with Crippen molar-refractivity contribution >= 4 is 11.8 Å². The fraction of sp³-hybridized carbons (Fsp3) is 0.571. The van der Waals surface area contributed by atoms with Crippen molar-refractivity contribution in [2.75, 3.05) is 25.0 Å². The predicted molar refractivity (Wildman–Crippen MR) is 74.7 cm³/mol. The minimum atomic E-state index is -0.929. The summed E-state index contributed by atoms with van der Waals surface area (Å²) in [5.41, 5.74) is 1.01. The van der Waals surface area contributed by atoms with Gasteiger partial charge < -0.3 is 15.3 Å². The summed E-state index contributed by atoms with van der Waals surface area (Å²) >= 11 is 0. The van der Waals surface area contributed by atoms with Gasteiger partial charge in [0.25, 0.3) is 0 Å². The Hall–Kier alpha value is -1.62. The van der Waals surface area contributed by atoms with Gasteiger partial charge in [-0.3, -0.25) is 0 Å². The second kappa shape index (κ2) is 6.02. The zero-order valence-corrected chi connectivity index (χ0v) is 11.5. The van der Waals surface area contributed by atoms with Crippen molar-refractivity contribution in [1.82, 2.24) is 9.88 Å². The molecule has 0 saturated carbocycles. The lowest BCUT2D eigenvalue weighted by molar-refractivity contribution is 0.0696. The van der Waals surface area contributed by atoms with E-state index in [1.54, 1.807) is 19.2 Å². The first-order valence-electron chi connectivity index (χ1n) is 6.75. The molecule has 19 heavy (non-hydrogen) atoms. The summed E-state index contributed by atoms with van der Waals surface area (Å²) in [4.78, 5) is 17.8. The molecule has 2 rings (SSSR count). The topological polar surface area (TPSA) is 65.5 Å². The monoisotopic (exact) mass is 263 g/mol. The van der Waals surface area contributed by atoms with Gasteiger partial charge in [0.05, 0.1) is 0 Å². The molecular weight excluding hydrogens is 242 g/mol. The third-order valence-electron chi connectivity index (χ3n) is 3.49. The summed E-state index contributed by atoms with van der Waals surface area (Å²) in [6.07, 6.45) is 4.16. The first-order chi connectivity index (χ1) is 9.08. The molecule has 5 heteroatoms. The van der Waals surface area contributed by atoms with E-state index in [1.165, 1.54) is 12.8 Å². The summed E-state index contributed by atoms with van der Waals surface area (Å²) in [7, 11) is 0. The summed E-state index contributed by atoms with van der Waals surface area (Å²) in [6.45, 7) is 7.06. The number of nitrogens with zero attached hydrogens (tertiary/aromatic N) is 2. The van der Waals surface area contributed by atoms with Crippen LogP contribution in [-0.4, -0.2) is 46.6 Å². The molecule has 0 bridgehead atoms. The van der Waals surface area contributed by atoms with Gasteiger partial charge in [-0.25, -0.2) is 9.78 Å². The van der Waals surface area contributed by atoms with Gasteiger partial charge in [0.2, 0.25) is 0 Å². The second-order valence-corrected chi connectivity index (χ2v) is 5.21. The van der Waals surface area contributed by atoms with E-state index in [-0.39, 0.29) is 11.6 Å². The number of aromatic carboxylic acids is 1. The molecule has 104 valence electrons. The van der Waals surface area contributed by atoms with Crippen LogP contribution in [0.5, 0.6) is 0 Å². The largest absolute Gasteiger partial charge is 0.478 e. The molecule has 0 aromatic carbocycles. The Morgan fingerprint density at radius 2 is 2.21 bits per heavy atom. The van der Waals surface area contributed by atoms with E-state index in [4.69, 9.17) is 0 Å². The number of aromatic nitrogens is 1. The van der Waals surface area contributed by atoms with Crippen LogP contribution >= 0.6 is 0 Å². The molecule has 0 spiro atoms. The average molecular weight is 263 g/mol. The first-order valence-corrected chi connectivity index (χ1v) is 6.75. The number of carboxylic acid groups (broad SMARTS) is 1. The zero-order chi connectivity index (χ0) is 13.8. The third-order valence-corrected chi connectivity index (χ3v) is 3.49. The van der Waals surface area contributed by atoms with E-state index in [2.05, 4.69) is 22.1 Å². The molecule has 0 amide bonds. The Morgan fingerprint density at radius 3 is 2.84 bits per heavy atom. The summed E-state index contributed by atoms with van der Waals surface area (Å²) in [6, 6.07) is 1.91. The lowest BCUT2D eigenvalue weighted by Gasteiger charge is -2.22. The van der Waals surface area contributed by atoms with Crippen molar-refractivity contribution < 1.29 is 9.90 Å². The molecule has 0 radical (unpaired) electrons. The Morgan fingerprint density at radius 1 is 1.53 bits per heavy atom. The Labute approximate surface area is 113 Å². The maximum absolute atomic E-state index is 11.3. The highest BCUT2D eigenvalue weighted by molar-refractivity contribution is 5.94. The normalized spacial score (nSPS) is 17.4. The highest BCUT2D eigenvalue weighted by atomic mass is 16.4. The van der Waals surface area contributed by atoms with Crippen LogP contribution < -0.4 is 5.32 Å². The first kappa shape index (κ1) is 13.8. The highest BCUT2D eigenvalue weighted by Gasteiger charge is 2.18. The third kappa shape index (κ3) is 3.44. The number of hydrogen-bond donors (Lipinski definition) is 2. The van der Waals surface area contributed by atoms with Gasteiger partial charge in [0, 0.05) is 18.8 Å². The number of anilines is 1. The fourth-order valence-electron chi connectivity index (χ4n) is 2.57. The van der Waals surface area contributed by atoms with Crippen LogP contribution in [0.4, 0.5) is 5.82 Å². The Kier molecular flexibility index (Phi) is 4.37. The van der Waals surface area contributed by atoms with Crippen molar-refractivity contribution in [3.63, 3.8) is 0 Å². The van der Waals surface area contributed by atoms with Crippen LogP contribution in [0.25, 0.3) is 0 Å². The van der Waals surface area contributed by atoms with E-state index in [9.17, 15) is 9.90 Å². The molecule has 2 N–H and O–H groups in total. The highest BCUT2D eigenvalue weighted by Crippen LogP contribution is 2.18. The van der Waals surface area contributed by atoms with Crippen molar-refractivity contribution in [3.05, 3.63) is 23.4 Å². The van der Waals surface area contributed by atoms with Crippen LogP contribution in [0.15, 0.2) is 12.3 Å². The van der Waals surface area contributed by atoms with Crippen molar-refractivity contribution in [2.45, 2.75) is 32.7 Å². The van der Waals surface area contributed by atoms with Crippen LogP contribution in [0.2, 0.25) is 0 Å². The second-order valence-electron chi connectivity index (χ2n) is 5.21. The number of carbonyl (C=O) groups is 1. The molecule has 1 fully saturated rings. The summed E-state index contributed by atoms with van der Waals surface area (Å²) in [5, 5.41) is 12.5. The summed E-state index contributed by atoms with van der Waals surface area (Å²) in [5.74, 6) is -0.458. The van der Waals surface area contributed by atoms with Crippen molar-refractivity contribution in [2.24, 2.45) is 0 Å². The Balaban J connectivity index is 2.05. The van der Waals surface area contributed by atoms with E-state index in [0.29, 0.717) is 5.82 Å². The van der Waals surface area contributed by atoms with Gasteiger partial charge in [0.15, 0.2) is 0 Å². The number of carboxylic acids is 1.